The van der Waals surface area contributed by atoms with E-state index in [2.05, 4.69) is 4.18 Å². The van der Waals surface area contributed by atoms with Gasteiger partial charge in [0.2, 0.25) is 0 Å². The maximum absolute atomic E-state index is 11.3. The van der Waals surface area contributed by atoms with Crippen LogP contribution in [0.2, 0.25) is 0 Å². The van der Waals surface area contributed by atoms with Gasteiger partial charge in [0, 0.05) is 0 Å². The van der Waals surface area contributed by atoms with Gasteiger partial charge < -0.3 is 0 Å². The zero-order valence-corrected chi connectivity index (χ0v) is 8.36. The molecule has 0 unspecified atom stereocenters. The van der Waals surface area contributed by atoms with Crippen LogP contribution in [0.5, 0.6) is 0 Å². The van der Waals surface area contributed by atoms with E-state index in [9.17, 15) is 8.42 Å². The fourth-order valence-electron chi connectivity index (χ4n) is 0.491. The summed E-state index contributed by atoms with van der Waals surface area (Å²) in [6, 6.07) is 0. The summed E-state index contributed by atoms with van der Waals surface area (Å²) in [6.07, 6.45) is 0.565. The Morgan fingerprint density at radius 1 is 1.27 bits per heavy atom. The minimum Gasteiger partial charge on any atom is -0.270 e. The summed E-state index contributed by atoms with van der Waals surface area (Å²) in [5, 5.41) is 0. The van der Waals surface area contributed by atoms with E-state index in [-0.39, 0.29) is 6.61 Å². The van der Waals surface area contributed by atoms with Crippen molar-refractivity contribution in [3.63, 3.8) is 0 Å². The number of hydrogen-bond acceptors (Lipinski definition) is 3. The summed E-state index contributed by atoms with van der Waals surface area (Å²) in [5.41, 5.74) is 0. The van der Waals surface area contributed by atoms with Gasteiger partial charge in [0.1, 0.15) is 0 Å². The maximum atomic E-state index is 11.3. The molecule has 11 heavy (non-hydrogen) atoms. The first-order chi connectivity index (χ1) is 4.87. The third-order valence-corrected chi connectivity index (χ3v) is 3.99. The summed E-state index contributed by atoms with van der Waals surface area (Å²) >= 11 is 0. The van der Waals surface area contributed by atoms with Crippen LogP contribution in [0.15, 0.2) is 0 Å². The van der Waals surface area contributed by atoms with Crippen LogP contribution in [0.1, 0.15) is 34.1 Å². The van der Waals surface area contributed by atoms with Gasteiger partial charge in [0.15, 0.2) is 0 Å². The lowest BCUT2D eigenvalue weighted by Crippen LogP contribution is -2.32. The zero-order chi connectivity index (χ0) is 9.12. The molecule has 0 N–H and O–H groups in total. The van der Waals surface area contributed by atoms with Crippen molar-refractivity contribution in [3.05, 3.63) is 0 Å². The van der Waals surface area contributed by atoms with Crippen molar-refractivity contribution in [1.29, 1.82) is 0 Å². The van der Waals surface area contributed by atoms with Crippen LogP contribution in [-0.2, 0) is 14.3 Å². The highest BCUT2D eigenvalue weighted by atomic mass is 32.2. The van der Waals surface area contributed by atoms with Crippen LogP contribution in [-0.4, -0.2) is 19.8 Å². The van der Waals surface area contributed by atoms with Gasteiger partial charge in [-0.05, 0) is 27.2 Å². The average molecular weight is 180 g/mol. The van der Waals surface area contributed by atoms with Crippen LogP contribution in [0.4, 0.5) is 0 Å². The van der Waals surface area contributed by atoms with Gasteiger partial charge in [-0.3, -0.25) is 4.18 Å². The highest BCUT2D eigenvalue weighted by molar-refractivity contribution is 7.88. The molecule has 0 aliphatic heterocycles. The van der Waals surface area contributed by atoms with E-state index in [0.717, 1.165) is 0 Å². The lowest BCUT2D eigenvalue weighted by atomic mass is 10.1. The highest BCUT2D eigenvalue weighted by Gasteiger charge is 2.32. The van der Waals surface area contributed by atoms with Gasteiger partial charge in [-0.2, -0.15) is 8.42 Å². The van der Waals surface area contributed by atoms with E-state index in [0.29, 0.717) is 6.42 Å². The minimum absolute atomic E-state index is 0.214. The molecule has 0 aliphatic rings. The fourth-order valence-corrected chi connectivity index (χ4v) is 1.47. The molecule has 0 heterocycles. The Labute approximate surface area is 68.9 Å². The molecular formula is C7H16O3S. The van der Waals surface area contributed by atoms with E-state index in [1.54, 1.807) is 20.8 Å². The standard InChI is InChI=1S/C7H16O3S/c1-5-7(3,4)11(8,9)10-6-2/h5-6H2,1-4H3. The smallest absolute Gasteiger partial charge is 0.270 e. The Balaban J connectivity index is 4.55. The van der Waals surface area contributed by atoms with Crippen molar-refractivity contribution < 1.29 is 12.6 Å². The zero-order valence-electron chi connectivity index (χ0n) is 7.55. The molecule has 0 saturated heterocycles. The van der Waals surface area contributed by atoms with Crippen LogP contribution in [0.25, 0.3) is 0 Å². The molecule has 0 fully saturated rings. The number of rotatable bonds is 4. The molecule has 0 aromatic rings. The van der Waals surface area contributed by atoms with Crippen molar-refractivity contribution in [2.75, 3.05) is 6.61 Å². The van der Waals surface area contributed by atoms with E-state index in [4.69, 9.17) is 0 Å². The summed E-state index contributed by atoms with van der Waals surface area (Å²) in [7, 11) is -3.36. The summed E-state index contributed by atoms with van der Waals surface area (Å²) in [5.74, 6) is 0. The first-order valence-electron chi connectivity index (χ1n) is 3.76. The van der Waals surface area contributed by atoms with Gasteiger partial charge in [-0.25, -0.2) is 0 Å². The molecule has 0 amide bonds. The maximum Gasteiger partial charge on any atom is 0.272 e. The topological polar surface area (TPSA) is 43.4 Å². The van der Waals surface area contributed by atoms with E-state index < -0.39 is 14.9 Å². The first kappa shape index (κ1) is 10.9. The second-order valence-electron chi connectivity index (χ2n) is 2.97. The third-order valence-electron chi connectivity index (χ3n) is 1.80. The van der Waals surface area contributed by atoms with Crippen LogP contribution >= 0.6 is 0 Å². The van der Waals surface area contributed by atoms with Gasteiger partial charge in [0.05, 0.1) is 11.4 Å². The molecule has 3 nitrogen and oxygen atoms in total. The Morgan fingerprint density at radius 3 is 2.00 bits per heavy atom. The van der Waals surface area contributed by atoms with Crippen molar-refractivity contribution in [3.8, 4) is 0 Å². The molecule has 0 rings (SSSR count). The predicted octanol–water partition coefficient (Wildman–Crippen LogP) is 1.54. The second kappa shape index (κ2) is 3.54. The predicted molar refractivity (Wildman–Crippen MR) is 44.9 cm³/mol. The van der Waals surface area contributed by atoms with Crippen molar-refractivity contribution in [1.82, 2.24) is 0 Å². The first-order valence-corrected chi connectivity index (χ1v) is 5.17. The Morgan fingerprint density at radius 2 is 1.73 bits per heavy atom. The van der Waals surface area contributed by atoms with Gasteiger partial charge in [-0.15, -0.1) is 0 Å². The van der Waals surface area contributed by atoms with Crippen molar-refractivity contribution in [2.45, 2.75) is 38.9 Å². The van der Waals surface area contributed by atoms with Crippen molar-refractivity contribution in [2.24, 2.45) is 0 Å². The molecule has 68 valence electrons. The minimum atomic E-state index is -3.36. The largest absolute Gasteiger partial charge is 0.272 e. The Hall–Kier alpha value is -0.0900. The molecule has 4 heteroatoms. The molecule has 0 radical (unpaired) electrons. The lowest BCUT2D eigenvalue weighted by molar-refractivity contribution is 0.317. The van der Waals surface area contributed by atoms with E-state index in [1.807, 2.05) is 6.92 Å². The Kier molecular flexibility index (Phi) is 3.51. The van der Waals surface area contributed by atoms with Gasteiger partial charge >= 0.3 is 0 Å². The van der Waals surface area contributed by atoms with Crippen molar-refractivity contribution >= 4 is 10.1 Å². The number of hydrogen-bond donors (Lipinski definition) is 0. The monoisotopic (exact) mass is 180 g/mol. The highest BCUT2D eigenvalue weighted by Crippen LogP contribution is 2.21. The summed E-state index contributed by atoms with van der Waals surface area (Å²) in [6.45, 7) is 7.04. The van der Waals surface area contributed by atoms with E-state index >= 15 is 0 Å². The summed E-state index contributed by atoms with van der Waals surface area (Å²) in [4.78, 5) is 0. The van der Waals surface area contributed by atoms with Gasteiger partial charge in [-0.1, -0.05) is 6.92 Å². The average Bonchev–Trinajstić information content (AvgIpc) is 1.87. The SMILES string of the molecule is CCOS(=O)(=O)C(C)(C)CC. The third kappa shape index (κ3) is 2.45. The van der Waals surface area contributed by atoms with Crippen LogP contribution < -0.4 is 0 Å². The summed E-state index contributed by atoms with van der Waals surface area (Å²) < 4.78 is 26.4. The molecule has 0 aromatic carbocycles. The van der Waals surface area contributed by atoms with Gasteiger partial charge in [0.25, 0.3) is 10.1 Å². The van der Waals surface area contributed by atoms with E-state index in [1.165, 1.54) is 0 Å². The molecular weight excluding hydrogens is 164 g/mol. The lowest BCUT2D eigenvalue weighted by Gasteiger charge is -2.21. The quantitative estimate of drug-likeness (QED) is 0.616. The molecule has 0 bridgehead atoms. The molecule has 0 aromatic heterocycles. The second-order valence-corrected chi connectivity index (χ2v) is 5.22. The molecule has 0 atom stereocenters. The normalized spacial score (nSPS) is 13.5. The molecule has 0 aliphatic carbocycles. The van der Waals surface area contributed by atoms with Crippen LogP contribution in [0, 0.1) is 0 Å². The molecule has 0 saturated carbocycles. The fraction of sp³-hybridized carbons (Fsp3) is 1.00. The van der Waals surface area contributed by atoms with Crippen LogP contribution in [0.3, 0.4) is 0 Å². The molecule has 0 spiro atoms. The Bertz CT molecular complexity index is 204.